The summed E-state index contributed by atoms with van der Waals surface area (Å²) in [4.78, 5) is 8.39. The molecule has 0 aliphatic carbocycles. The standard InChI is InChI=1S/C10H12N4O/c1-7-3-4-12-8(5-7)10-13-9(6-11-2)15-14-10/h3-5,11H,6H2,1-2H3. The van der Waals surface area contributed by atoms with Crippen molar-refractivity contribution < 1.29 is 4.52 Å². The van der Waals surface area contributed by atoms with Crippen LogP contribution in [0.3, 0.4) is 0 Å². The highest BCUT2D eigenvalue weighted by Gasteiger charge is 2.08. The topological polar surface area (TPSA) is 63.8 Å². The average Bonchev–Trinajstić information content (AvgIpc) is 2.67. The van der Waals surface area contributed by atoms with E-state index in [9.17, 15) is 0 Å². The van der Waals surface area contributed by atoms with Crippen molar-refractivity contribution in [3.8, 4) is 11.5 Å². The molecule has 0 fully saturated rings. The SMILES string of the molecule is CNCc1nc(-c2cc(C)ccn2)no1. The molecule has 0 spiro atoms. The summed E-state index contributed by atoms with van der Waals surface area (Å²) in [5.41, 5.74) is 1.86. The summed E-state index contributed by atoms with van der Waals surface area (Å²) in [5, 5.41) is 6.80. The summed E-state index contributed by atoms with van der Waals surface area (Å²) >= 11 is 0. The quantitative estimate of drug-likeness (QED) is 0.812. The summed E-state index contributed by atoms with van der Waals surface area (Å²) in [5.74, 6) is 1.10. The van der Waals surface area contributed by atoms with E-state index < -0.39 is 0 Å². The Bertz CT molecular complexity index is 452. The van der Waals surface area contributed by atoms with Gasteiger partial charge in [-0.3, -0.25) is 4.98 Å². The van der Waals surface area contributed by atoms with E-state index in [1.54, 1.807) is 6.20 Å². The van der Waals surface area contributed by atoms with Crippen LogP contribution in [0.4, 0.5) is 0 Å². The molecule has 0 aliphatic rings. The van der Waals surface area contributed by atoms with Gasteiger partial charge in [0.1, 0.15) is 5.69 Å². The number of aromatic nitrogens is 3. The molecule has 15 heavy (non-hydrogen) atoms. The van der Waals surface area contributed by atoms with E-state index >= 15 is 0 Å². The van der Waals surface area contributed by atoms with E-state index in [0.717, 1.165) is 11.3 Å². The summed E-state index contributed by atoms with van der Waals surface area (Å²) in [6, 6.07) is 3.85. The monoisotopic (exact) mass is 204 g/mol. The van der Waals surface area contributed by atoms with Crippen LogP contribution in [0.1, 0.15) is 11.5 Å². The molecule has 0 bridgehead atoms. The van der Waals surface area contributed by atoms with Crippen LogP contribution in [0.15, 0.2) is 22.9 Å². The second-order valence-corrected chi connectivity index (χ2v) is 3.26. The van der Waals surface area contributed by atoms with Gasteiger partial charge in [0, 0.05) is 6.20 Å². The number of pyridine rings is 1. The molecule has 2 aromatic rings. The zero-order valence-corrected chi connectivity index (χ0v) is 8.69. The highest BCUT2D eigenvalue weighted by Crippen LogP contribution is 2.13. The van der Waals surface area contributed by atoms with Gasteiger partial charge in [-0.15, -0.1) is 0 Å². The summed E-state index contributed by atoms with van der Waals surface area (Å²) in [6.07, 6.45) is 1.73. The van der Waals surface area contributed by atoms with Crippen molar-refractivity contribution in [2.45, 2.75) is 13.5 Å². The predicted octanol–water partition coefficient (Wildman–Crippen LogP) is 1.16. The lowest BCUT2D eigenvalue weighted by Crippen LogP contribution is -2.04. The zero-order chi connectivity index (χ0) is 10.7. The van der Waals surface area contributed by atoms with Gasteiger partial charge in [-0.05, 0) is 31.7 Å². The van der Waals surface area contributed by atoms with Gasteiger partial charge in [-0.1, -0.05) is 5.16 Å². The van der Waals surface area contributed by atoms with Crippen molar-refractivity contribution in [3.63, 3.8) is 0 Å². The molecule has 0 radical (unpaired) electrons. The zero-order valence-electron chi connectivity index (χ0n) is 8.69. The molecular formula is C10H12N4O. The average molecular weight is 204 g/mol. The molecule has 0 saturated carbocycles. The fraction of sp³-hybridized carbons (Fsp3) is 0.300. The molecule has 2 heterocycles. The second kappa shape index (κ2) is 4.18. The maximum absolute atomic E-state index is 5.04. The number of nitrogens with zero attached hydrogens (tertiary/aromatic N) is 3. The van der Waals surface area contributed by atoms with Gasteiger partial charge in [-0.25, -0.2) is 0 Å². The first-order valence-corrected chi connectivity index (χ1v) is 4.70. The first-order chi connectivity index (χ1) is 7.29. The van der Waals surface area contributed by atoms with Gasteiger partial charge in [0.25, 0.3) is 0 Å². The van der Waals surface area contributed by atoms with Gasteiger partial charge in [0.05, 0.1) is 6.54 Å². The fourth-order valence-corrected chi connectivity index (χ4v) is 1.24. The molecule has 0 aromatic carbocycles. The summed E-state index contributed by atoms with van der Waals surface area (Å²) < 4.78 is 5.04. The molecule has 0 aliphatic heterocycles. The van der Waals surface area contributed by atoms with Gasteiger partial charge < -0.3 is 9.84 Å². The molecule has 0 saturated heterocycles. The van der Waals surface area contributed by atoms with Crippen molar-refractivity contribution in [2.24, 2.45) is 0 Å². The van der Waals surface area contributed by atoms with Crippen LogP contribution in [0.2, 0.25) is 0 Å². The van der Waals surface area contributed by atoms with Crippen LogP contribution in [0.25, 0.3) is 11.5 Å². The van der Waals surface area contributed by atoms with Crippen LogP contribution in [0, 0.1) is 6.92 Å². The van der Waals surface area contributed by atoms with Crippen LogP contribution >= 0.6 is 0 Å². The van der Waals surface area contributed by atoms with E-state index in [4.69, 9.17) is 4.52 Å². The van der Waals surface area contributed by atoms with E-state index in [2.05, 4.69) is 20.4 Å². The Labute approximate surface area is 87.5 Å². The Morgan fingerprint density at radius 3 is 3.07 bits per heavy atom. The minimum absolute atomic E-state index is 0.531. The third-order valence-electron chi connectivity index (χ3n) is 1.94. The molecule has 2 aromatic heterocycles. The molecular weight excluding hydrogens is 192 g/mol. The lowest BCUT2D eigenvalue weighted by atomic mass is 10.2. The minimum Gasteiger partial charge on any atom is -0.337 e. The Hall–Kier alpha value is -1.75. The maximum atomic E-state index is 5.04. The highest BCUT2D eigenvalue weighted by atomic mass is 16.5. The Morgan fingerprint density at radius 1 is 1.47 bits per heavy atom. The summed E-state index contributed by atoms with van der Waals surface area (Å²) in [6.45, 7) is 2.57. The predicted molar refractivity (Wildman–Crippen MR) is 55.0 cm³/mol. The van der Waals surface area contributed by atoms with Crippen molar-refractivity contribution in [3.05, 3.63) is 29.8 Å². The van der Waals surface area contributed by atoms with E-state index in [-0.39, 0.29) is 0 Å². The van der Waals surface area contributed by atoms with Crippen molar-refractivity contribution in [2.75, 3.05) is 7.05 Å². The van der Waals surface area contributed by atoms with E-state index in [0.29, 0.717) is 18.3 Å². The fourth-order valence-electron chi connectivity index (χ4n) is 1.24. The number of rotatable bonds is 3. The van der Waals surface area contributed by atoms with E-state index in [1.165, 1.54) is 0 Å². The number of nitrogens with one attached hydrogen (secondary N) is 1. The smallest absolute Gasteiger partial charge is 0.240 e. The first-order valence-electron chi connectivity index (χ1n) is 4.70. The Balaban J connectivity index is 2.29. The molecule has 0 amide bonds. The molecule has 78 valence electrons. The molecule has 0 atom stereocenters. The first kappa shape index (κ1) is 9.79. The lowest BCUT2D eigenvalue weighted by Gasteiger charge is -1.94. The van der Waals surface area contributed by atoms with Crippen LogP contribution in [-0.4, -0.2) is 22.2 Å². The Kier molecular flexibility index (Phi) is 2.73. The third-order valence-corrected chi connectivity index (χ3v) is 1.94. The maximum Gasteiger partial charge on any atom is 0.240 e. The number of hydrogen-bond acceptors (Lipinski definition) is 5. The van der Waals surface area contributed by atoms with Crippen LogP contribution in [-0.2, 0) is 6.54 Å². The third kappa shape index (κ3) is 2.19. The number of aryl methyl sites for hydroxylation is 1. The van der Waals surface area contributed by atoms with Gasteiger partial charge >= 0.3 is 0 Å². The number of hydrogen-bond donors (Lipinski definition) is 1. The molecule has 5 nitrogen and oxygen atoms in total. The normalized spacial score (nSPS) is 10.5. The largest absolute Gasteiger partial charge is 0.337 e. The van der Waals surface area contributed by atoms with Crippen LogP contribution < -0.4 is 5.32 Å². The second-order valence-electron chi connectivity index (χ2n) is 3.26. The lowest BCUT2D eigenvalue weighted by molar-refractivity contribution is 0.372. The minimum atomic E-state index is 0.531. The molecule has 1 N–H and O–H groups in total. The van der Waals surface area contributed by atoms with E-state index in [1.807, 2.05) is 26.1 Å². The van der Waals surface area contributed by atoms with Crippen molar-refractivity contribution in [1.82, 2.24) is 20.4 Å². The molecule has 5 heteroatoms. The van der Waals surface area contributed by atoms with Crippen molar-refractivity contribution in [1.29, 1.82) is 0 Å². The molecule has 0 unspecified atom stereocenters. The molecule has 2 rings (SSSR count). The van der Waals surface area contributed by atoms with Crippen molar-refractivity contribution >= 4 is 0 Å². The van der Waals surface area contributed by atoms with Gasteiger partial charge in [0.2, 0.25) is 11.7 Å². The Morgan fingerprint density at radius 2 is 2.33 bits per heavy atom. The van der Waals surface area contributed by atoms with Gasteiger partial charge in [-0.2, -0.15) is 4.98 Å². The highest BCUT2D eigenvalue weighted by molar-refractivity contribution is 5.48. The van der Waals surface area contributed by atoms with Gasteiger partial charge in [0.15, 0.2) is 0 Å². The summed E-state index contributed by atoms with van der Waals surface area (Å²) in [7, 11) is 1.83. The van der Waals surface area contributed by atoms with Crippen LogP contribution in [0.5, 0.6) is 0 Å².